The van der Waals surface area contributed by atoms with Gasteiger partial charge >= 0.3 is 6.03 Å². The molecule has 0 fully saturated rings. The first-order chi connectivity index (χ1) is 11.6. The summed E-state index contributed by atoms with van der Waals surface area (Å²) in [6.07, 6.45) is 0.738. The molecule has 1 aromatic carbocycles. The van der Waals surface area contributed by atoms with Crippen LogP contribution in [0.15, 0.2) is 29.6 Å². The smallest absolute Gasteiger partial charge is 0.317 e. The molecular weight excluding hydrogens is 326 g/mol. The van der Waals surface area contributed by atoms with E-state index < -0.39 is 0 Å². The molecule has 0 saturated heterocycles. The van der Waals surface area contributed by atoms with E-state index >= 15 is 0 Å². The second kappa shape index (κ2) is 9.12. The van der Waals surface area contributed by atoms with Gasteiger partial charge in [-0.15, -0.1) is 11.3 Å². The molecule has 6 nitrogen and oxygen atoms in total. The molecule has 0 atom stereocenters. The first-order valence-electron chi connectivity index (χ1n) is 7.75. The molecule has 1 N–H and O–H groups in total. The number of urea groups is 1. The summed E-state index contributed by atoms with van der Waals surface area (Å²) < 4.78 is 10.7. The molecule has 1 heterocycles. The Labute approximate surface area is 146 Å². The summed E-state index contributed by atoms with van der Waals surface area (Å²) in [6.45, 7) is 3.58. The fraction of sp³-hybridized carbons (Fsp3) is 0.412. The van der Waals surface area contributed by atoms with Crippen LogP contribution in [0.2, 0.25) is 0 Å². The van der Waals surface area contributed by atoms with Crippen molar-refractivity contribution in [1.29, 1.82) is 0 Å². The Balaban J connectivity index is 1.61. The number of methoxy groups -OCH3 is 1. The van der Waals surface area contributed by atoms with Gasteiger partial charge in [-0.3, -0.25) is 0 Å². The number of carbonyl (C=O) groups excluding carboxylic acids is 1. The summed E-state index contributed by atoms with van der Waals surface area (Å²) in [5.41, 5.74) is 0.915. The summed E-state index contributed by atoms with van der Waals surface area (Å²) in [7, 11) is 3.39. The lowest BCUT2D eigenvalue weighted by atomic mass is 10.3. The molecule has 0 aliphatic rings. The van der Waals surface area contributed by atoms with E-state index in [9.17, 15) is 4.79 Å². The highest BCUT2D eigenvalue weighted by Crippen LogP contribution is 2.17. The van der Waals surface area contributed by atoms with Crippen molar-refractivity contribution in [3.63, 3.8) is 0 Å². The Morgan fingerprint density at radius 2 is 2.00 bits per heavy atom. The number of nitrogens with zero attached hydrogens (tertiary/aromatic N) is 2. The minimum atomic E-state index is -0.106. The number of hydrogen-bond donors (Lipinski definition) is 1. The number of benzene rings is 1. The summed E-state index contributed by atoms with van der Waals surface area (Å²) in [4.78, 5) is 18.0. The fourth-order valence-electron chi connectivity index (χ4n) is 2.06. The van der Waals surface area contributed by atoms with Crippen LogP contribution < -0.4 is 14.8 Å². The summed E-state index contributed by atoms with van der Waals surface area (Å²) in [5, 5.41) is 5.86. The molecule has 7 heteroatoms. The number of ether oxygens (including phenoxy) is 2. The van der Waals surface area contributed by atoms with Gasteiger partial charge in [0.2, 0.25) is 0 Å². The second-order valence-corrected chi connectivity index (χ2v) is 6.39. The van der Waals surface area contributed by atoms with Gasteiger partial charge in [-0.1, -0.05) is 0 Å². The number of thiazole rings is 1. The van der Waals surface area contributed by atoms with E-state index in [1.54, 1.807) is 30.4 Å². The molecule has 2 rings (SSSR count). The highest BCUT2D eigenvalue weighted by molar-refractivity contribution is 7.09. The third kappa shape index (κ3) is 5.73. The number of carbonyl (C=O) groups is 1. The molecular formula is C17H23N3O3S. The lowest BCUT2D eigenvalue weighted by Crippen LogP contribution is -2.37. The van der Waals surface area contributed by atoms with Gasteiger partial charge in [-0.25, -0.2) is 9.78 Å². The van der Waals surface area contributed by atoms with Gasteiger partial charge in [0.15, 0.2) is 0 Å². The quantitative estimate of drug-likeness (QED) is 0.744. The van der Waals surface area contributed by atoms with Crippen molar-refractivity contribution in [2.24, 2.45) is 0 Å². The first kappa shape index (κ1) is 18.1. The zero-order chi connectivity index (χ0) is 17.4. The predicted octanol–water partition coefficient (Wildman–Crippen LogP) is 3.07. The average molecular weight is 349 g/mol. The van der Waals surface area contributed by atoms with Crippen LogP contribution in [0, 0.1) is 6.92 Å². The normalized spacial score (nSPS) is 10.3. The van der Waals surface area contributed by atoms with E-state index in [1.165, 1.54) is 0 Å². The van der Waals surface area contributed by atoms with Gasteiger partial charge in [-0.2, -0.15) is 0 Å². The molecule has 130 valence electrons. The number of rotatable bonds is 8. The highest BCUT2D eigenvalue weighted by Gasteiger charge is 2.09. The molecule has 1 aromatic heterocycles. The van der Waals surface area contributed by atoms with E-state index in [4.69, 9.17) is 9.47 Å². The van der Waals surface area contributed by atoms with E-state index in [-0.39, 0.29) is 6.03 Å². The molecule has 0 bridgehead atoms. The van der Waals surface area contributed by atoms with Crippen LogP contribution in [-0.2, 0) is 6.54 Å². The van der Waals surface area contributed by atoms with E-state index in [0.29, 0.717) is 19.7 Å². The van der Waals surface area contributed by atoms with Crippen LogP contribution in [0.5, 0.6) is 11.5 Å². The van der Waals surface area contributed by atoms with Crippen LogP contribution in [0.3, 0.4) is 0 Å². The molecule has 24 heavy (non-hydrogen) atoms. The van der Waals surface area contributed by atoms with E-state index in [2.05, 4.69) is 10.3 Å². The molecule has 0 aliphatic carbocycles. The van der Waals surface area contributed by atoms with Crippen LogP contribution in [0.4, 0.5) is 4.79 Å². The number of aromatic nitrogens is 1. The number of amides is 2. The Morgan fingerprint density at radius 3 is 2.62 bits per heavy atom. The standard InChI is InChI=1S/C17H23N3O3S/c1-13-19-14(12-24-13)11-20(2)17(21)18-9-4-10-23-16-7-5-15(22-3)6-8-16/h5-8,12H,4,9-11H2,1-3H3,(H,18,21). The van der Waals surface area contributed by atoms with Gasteiger partial charge < -0.3 is 19.7 Å². The van der Waals surface area contributed by atoms with Crippen molar-refractivity contribution in [3.05, 3.63) is 40.3 Å². The minimum absolute atomic E-state index is 0.106. The maximum Gasteiger partial charge on any atom is 0.317 e. The van der Waals surface area contributed by atoms with Gasteiger partial charge in [0, 0.05) is 19.0 Å². The second-order valence-electron chi connectivity index (χ2n) is 5.32. The topological polar surface area (TPSA) is 63.7 Å². The Kier molecular flexibility index (Phi) is 6.87. The van der Waals surface area contributed by atoms with Crippen LogP contribution in [-0.4, -0.2) is 43.2 Å². The summed E-state index contributed by atoms with van der Waals surface area (Å²) in [6, 6.07) is 7.32. The predicted molar refractivity (Wildman–Crippen MR) is 94.8 cm³/mol. The first-order valence-corrected chi connectivity index (χ1v) is 8.63. The van der Waals surface area contributed by atoms with Crippen LogP contribution in [0.1, 0.15) is 17.1 Å². The van der Waals surface area contributed by atoms with Crippen molar-refractivity contribution in [1.82, 2.24) is 15.2 Å². The monoisotopic (exact) mass is 349 g/mol. The van der Waals surface area contributed by atoms with Crippen molar-refractivity contribution in [2.45, 2.75) is 19.9 Å². The zero-order valence-electron chi connectivity index (χ0n) is 14.2. The molecule has 0 unspecified atom stereocenters. The molecule has 0 radical (unpaired) electrons. The minimum Gasteiger partial charge on any atom is -0.497 e. The molecule has 2 amide bonds. The summed E-state index contributed by atoms with van der Waals surface area (Å²) in [5.74, 6) is 1.59. The molecule has 0 aliphatic heterocycles. The SMILES string of the molecule is COc1ccc(OCCCNC(=O)N(C)Cc2csc(C)n2)cc1. The number of nitrogens with one attached hydrogen (secondary N) is 1. The van der Waals surface area contributed by atoms with E-state index in [1.807, 2.05) is 36.6 Å². The van der Waals surface area contributed by atoms with Gasteiger partial charge in [0.25, 0.3) is 0 Å². The third-order valence-corrected chi connectivity index (χ3v) is 4.16. The fourth-order valence-corrected chi connectivity index (χ4v) is 2.66. The van der Waals surface area contributed by atoms with Gasteiger partial charge in [0.1, 0.15) is 11.5 Å². The number of aryl methyl sites for hydroxylation is 1. The molecule has 0 spiro atoms. The number of hydrogen-bond acceptors (Lipinski definition) is 5. The lowest BCUT2D eigenvalue weighted by Gasteiger charge is -2.16. The highest BCUT2D eigenvalue weighted by atomic mass is 32.1. The maximum atomic E-state index is 12.0. The largest absolute Gasteiger partial charge is 0.497 e. The van der Waals surface area contributed by atoms with Crippen LogP contribution >= 0.6 is 11.3 Å². The maximum absolute atomic E-state index is 12.0. The molecule has 0 saturated carbocycles. The van der Waals surface area contributed by atoms with Crippen molar-refractivity contribution < 1.29 is 14.3 Å². The van der Waals surface area contributed by atoms with Crippen LogP contribution in [0.25, 0.3) is 0 Å². The zero-order valence-corrected chi connectivity index (χ0v) is 15.1. The average Bonchev–Trinajstić information content (AvgIpc) is 2.99. The Hall–Kier alpha value is -2.28. The Morgan fingerprint density at radius 1 is 1.29 bits per heavy atom. The Bertz CT molecular complexity index is 643. The van der Waals surface area contributed by atoms with Crippen molar-refractivity contribution in [3.8, 4) is 11.5 Å². The third-order valence-electron chi connectivity index (χ3n) is 3.34. The lowest BCUT2D eigenvalue weighted by molar-refractivity contribution is 0.205. The van der Waals surface area contributed by atoms with Gasteiger partial charge in [0.05, 0.1) is 31.0 Å². The van der Waals surface area contributed by atoms with Crippen molar-refractivity contribution >= 4 is 17.4 Å². The summed E-state index contributed by atoms with van der Waals surface area (Å²) >= 11 is 1.59. The van der Waals surface area contributed by atoms with Crippen molar-refractivity contribution in [2.75, 3.05) is 27.3 Å². The van der Waals surface area contributed by atoms with E-state index in [0.717, 1.165) is 28.6 Å². The molecule has 2 aromatic rings. The van der Waals surface area contributed by atoms with Gasteiger partial charge in [-0.05, 0) is 37.6 Å².